The molecule has 0 aliphatic heterocycles. The fourth-order valence-electron chi connectivity index (χ4n) is 1.51. The highest BCUT2D eigenvalue weighted by Gasteiger charge is 2.35. The average molecular weight is 306 g/mol. The van der Waals surface area contributed by atoms with E-state index in [0.717, 1.165) is 10.7 Å². The van der Waals surface area contributed by atoms with Gasteiger partial charge in [-0.05, 0) is 30.4 Å². The fourth-order valence-corrected chi connectivity index (χ4v) is 1.78. The molecular weight excluding hydrogens is 299 g/mol. The van der Waals surface area contributed by atoms with E-state index in [1.54, 1.807) is 24.3 Å². The zero-order valence-corrected chi connectivity index (χ0v) is 10.9. The van der Waals surface area contributed by atoms with Crippen LogP contribution in [0.25, 0.3) is 11.3 Å². The number of hydrogen-bond acceptors (Lipinski definition) is 2. The molecule has 100 valence electrons. The highest BCUT2D eigenvalue weighted by atomic mass is 35.5. The molecule has 0 amide bonds. The van der Waals surface area contributed by atoms with Gasteiger partial charge < -0.3 is 5.73 Å². The molecule has 2 aromatic rings. The van der Waals surface area contributed by atoms with Gasteiger partial charge in [0.2, 0.25) is 0 Å². The predicted molar refractivity (Wildman–Crippen MR) is 69.9 cm³/mol. The molecule has 19 heavy (non-hydrogen) atoms. The van der Waals surface area contributed by atoms with Crippen LogP contribution < -0.4 is 5.73 Å². The minimum atomic E-state index is -4.56. The molecule has 2 rings (SSSR count). The Morgan fingerprint density at radius 1 is 1.26 bits per heavy atom. The topological polar surface area (TPSA) is 43.8 Å². The molecule has 0 fully saturated rings. The molecule has 0 aliphatic rings. The number of rotatable bonds is 1. The van der Waals surface area contributed by atoms with Gasteiger partial charge in [0.25, 0.3) is 0 Å². The quantitative estimate of drug-likeness (QED) is 0.822. The van der Waals surface area contributed by atoms with Crippen LogP contribution in [0.5, 0.6) is 0 Å². The number of alkyl halides is 3. The van der Waals surface area contributed by atoms with Crippen molar-refractivity contribution >= 4 is 28.9 Å². The maximum atomic E-state index is 12.6. The van der Waals surface area contributed by atoms with Gasteiger partial charge in [-0.2, -0.15) is 18.3 Å². The van der Waals surface area contributed by atoms with Gasteiger partial charge in [-0.3, -0.25) is 0 Å². The summed E-state index contributed by atoms with van der Waals surface area (Å²) < 4.78 is 38.8. The molecule has 2 N–H and O–H groups in total. The Kier molecular flexibility index (Phi) is 3.51. The molecule has 3 nitrogen and oxygen atoms in total. The number of benzene rings is 1. The van der Waals surface area contributed by atoms with Gasteiger partial charge in [-0.15, -0.1) is 0 Å². The molecule has 0 radical (unpaired) electrons. The molecule has 0 aliphatic carbocycles. The molecule has 1 aromatic heterocycles. The maximum absolute atomic E-state index is 12.6. The summed E-state index contributed by atoms with van der Waals surface area (Å²) in [6, 6.07) is 7.13. The summed E-state index contributed by atoms with van der Waals surface area (Å²) in [5.41, 5.74) is 4.98. The average Bonchev–Trinajstić information content (AvgIpc) is 2.74. The van der Waals surface area contributed by atoms with E-state index in [1.807, 2.05) is 0 Å². The summed E-state index contributed by atoms with van der Waals surface area (Å²) in [6.45, 7) is 0. The molecule has 0 saturated heterocycles. The van der Waals surface area contributed by atoms with E-state index in [9.17, 15) is 13.2 Å². The van der Waals surface area contributed by atoms with Gasteiger partial charge in [0.15, 0.2) is 10.8 Å². The van der Waals surface area contributed by atoms with Crippen molar-refractivity contribution in [2.75, 3.05) is 0 Å². The Morgan fingerprint density at radius 3 is 2.32 bits per heavy atom. The zero-order chi connectivity index (χ0) is 14.2. The number of nitrogens with zero attached hydrogens (tertiary/aromatic N) is 2. The number of aromatic nitrogens is 2. The SMILES string of the molecule is NC(=S)n1nc(C(F)(F)F)cc1-c1ccc(Cl)cc1. The third-order valence-electron chi connectivity index (χ3n) is 2.35. The third kappa shape index (κ3) is 2.87. The van der Waals surface area contributed by atoms with E-state index in [2.05, 4.69) is 5.10 Å². The summed E-state index contributed by atoms with van der Waals surface area (Å²) in [6.07, 6.45) is -4.56. The van der Waals surface area contributed by atoms with Crippen molar-refractivity contribution in [1.29, 1.82) is 0 Å². The molecular formula is C11H7ClF3N3S. The van der Waals surface area contributed by atoms with Crippen molar-refractivity contribution in [1.82, 2.24) is 9.78 Å². The molecule has 0 bridgehead atoms. The first kappa shape index (κ1) is 13.8. The van der Waals surface area contributed by atoms with Crippen LogP contribution in [-0.2, 0) is 6.18 Å². The van der Waals surface area contributed by atoms with E-state index in [4.69, 9.17) is 29.6 Å². The summed E-state index contributed by atoms with van der Waals surface area (Å²) in [7, 11) is 0. The lowest BCUT2D eigenvalue weighted by Gasteiger charge is -2.04. The first-order chi connectivity index (χ1) is 8.79. The molecule has 0 saturated carbocycles. The second-order valence-electron chi connectivity index (χ2n) is 3.67. The van der Waals surface area contributed by atoms with Gasteiger partial charge in [0.1, 0.15) is 0 Å². The van der Waals surface area contributed by atoms with Crippen LogP contribution in [0.15, 0.2) is 30.3 Å². The molecule has 1 aromatic carbocycles. The van der Waals surface area contributed by atoms with Crippen LogP contribution in [0.3, 0.4) is 0 Å². The van der Waals surface area contributed by atoms with Gasteiger partial charge >= 0.3 is 6.18 Å². The molecule has 0 atom stereocenters. The van der Waals surface area contributed by atoms with Crippen molar-refractivity contribution in [3.8, 4) is 11.3 Å². The number of thiocarbonyl (C=S) groups is 1. The Hall–Kier alpha value is -1.60. The van der Waals surface area contributed by atoms with Crippen molar-refractivity contribution < 1.29 is 13.2 Å². The Balaban J connectivity index is 2.58. The van der Waals surface area contributed by atoms with Gasteiger partial charge in [-0.25, -0.2) is 4.68 Å². The fraction of sp³-hybridized carbons (Fsp3) is 0.0909. The second kappa shape index (κ2) is 4.82. The van der Waals surface area contributed by atoms with E-state index in [-0.39, 0.29) is 10.8 Å². The normalized spacial score (nSPS) is 11.6. The van der Waals surface area contributed by atoms with Crippen molar-refractivity contribution in [3.05, 3.63) is 41.0 Å². The summed E-state index contributed by atoms with van der Waals surface area (Å²) in [5.74, 6) is 0. The Labute approximate surface area is 116 Å². The van der Waals surface area contributed by atoms with Crippen LogP contribution in [-0.4, -0.2) is 14.9 Å². The summed E-state index contributed by atoms with van der Waals surface area (Å²) >= 11 is 10.4. The maximum Gasteiger partial charge on any atom is 0.435 e. The highest BCUT2D eigenvalue weighted by molar-refractivity contribution is 7.80. The minimum Gasteiger partial charge on any atom is -0.374 e. The van der Waals surface area contributed by atoms with E-state index in [0.29, 0.717) is 10.6 Å². The van der Waals surface area contributed by atoms with Gasteiger partial charge in [-0.1, -0.05) is 23.7 Å². The van der Waals surface area contributed by atoms with E-state index >= 15 is 0 Å². The molecule has 8 heteroatoms. The predicted octanol–water partition coefficient (Wildman–Crippen LogP) is 3.31. The van der Waals surface area contributed by atoms with Crippen molar-refractivity contribution in [2.45, 2.75) is 6.18 Å². The summed E-state index contributed by atoms with van der Waals surface area (Å²) in [5, 5.41) is 3.58. The number of nitrogens with two attached hydrogens (primary N) is 1. The van der Waals surface area contributed by atoms with Crippen molar-refractivity contribution in [2.24, 2.45) is 5.73 Å². The standard InChI is InChI=1S/C11H7ClF3N3S/c12-7-3-1-6(2-4-7)8-5-9(11(13,14)15)17-18(8)10(16)19/h1-5H,(H2,16,19). The van der Waals surface area contributed by atoms with Gasteiger partial charge in [0.05, 0.1) is 5.69 Å². The molecule has 0 spiro atoms. The first-order valence-corrected chi connectivity index (χ1v) is 5.80. The lowest BCUT2D eigenvalue weighted by atomic mass is 10.1. The van der Waals surface area contributed by atoms with Crippen LogP contribution in [0.4, 0.5) is 13.2 Å². The van der Waals surface area contributed by atoms with Crippen molar-refractivity contribution in [3.63, 3.8) is 0 Å². The van der Waals surface area contributed by atoms with Gasteiger partial charge in [0, 0.05) is 10.6 Å². The van der Waals surface area contributed by atoms with E-state index in [1.165, 1.54) is 0 Å². The monoisotopic (exact) mass is 305 g/mol. The first-order valence-electron chi connectivity index (χ1n) is 5.02. The zero-order valence-electron chi connectivity index (χ0n) is 9.28. The highest BCUT2D eigenvalue weighted by Crippen LogP contribution is 2.31. The lowest BCUT2D eigenvalue weighted by molar-refractivity contribution is -0.141. The molecule has 0 unspecified atom stereocenters. The summed E-state index contributed by atoms with van der Waals surface area (Å²) in [4.78, 5) is 0. The van der Waals surface area contributed by atoms with Crippen LogP contribution in [0.2, 0.25) is 5.02 Å². The number of halogens is 4. The third-order valence-corrected chi connectivity index (χ3v) is 2.77. The Bertz CT molecular complexity index is 619. The smallest absolute Gasteiger partial charge is 0.374 e. The van der Waals surface area contributed by atoms with Crippen LogP contribution in [0.1, 0.15) is 5.69 Å². The Morgan fingerprint density at radius 2 is 1.84 bits per heavy atom. The largest absolute Gasteiger partial charge is 0.435 e. The number of hydrogen-bond donors (Lipinski definition) is 1. The second-order valence-corrected chi connectivity index (χ2v) is 4.52. The van der Waals surface area contributed by atoms with Crippen LogP contribution >= 0.6 is 23.8 Å². The minimum absolute atomic E-state index is 0.163. The van der Waals surface area contributed by atoms with E-state index < -0.39 is 11.9 Å². The lowest BCUT2D eigenvalue weighted by Crippen LogP contribution is -2.22. The molecule has 1 heterocycles. The van der Waals surface area contributed by atoms with Crippen LogP contribution in [0, 0.1) is 0 Å².